The Bertz CT molecular complexity index is 1320. The summed E-state index contributed by atoms with van der Waals surface area (Å²) in [5.41, 5.74) is 3.24. The Morgan fingerprint density at radius 3 is 2.45 bits per heavy atom. The highest BCUT2D eigenvalue weighted by atomic mass is 16.5. The van der Waals surface area contributed by atoms with Gasteiger partial charge in [0.05, 0.1) is 5.69 Å². The summed E-state index contributed by atoms with van der Waals surface area (Å²) in [6, 6.07) is 16.8. The number of aromatic amines is 1. The van der Waals surface area contributed by atoms with Crippen molar-refractivity contribution >= 4 is 22.8 Å². The zero-order chi connectivity index (χ0) is 20.1. The number of Topliss-reactive ketones (excluding diaryl/α,β-unsaturated/α-hetero) is 1. The number of phenolic OH excluding ortho intramolecular Hbond substituents is 3. The number of phenols is 3. The number of ketones is 1. The van der Waals surface area contributed by atoms with Gasteiger partial charge in [0.1, 0.15) is 28.6 Å². The van der Waals surface area contributed by atoms with Crippen LogP contribution in [-0.2, 0) is 0 Å². The van der Waals surface area contributed by atoms with Crippen molar-refractivity contribution in [2.45, 2.75) is 0 Å². The summed E-state index contributed by atoms with van der Waals surface area (Å²) >= 11 is 0. The van der Waals surface area contributed by atoms with Crippen molar-refractivity contribution in [3.63, 3.8) is 0 Å². The molecule has 1 aromatic heterocycles. The van der Waals surface area contributed by atoms with Gasteiger partial charge in [-0.15, -0.1) is 0 Å². The van der Waals surface area contributed by atoms with E-state index in [1.54, 1.807) is 30.3 Å². The standard InChI is InChI=1S/C23H15NO5/c25-13-7-5-12(6-8-13)22-16(15-3-1-2-4-17(15)24-22)11-20-23(28)21-18(27)9-14(26)10-19(21)29-20/h1-11,24-27H. The van der Waals surface area contributed by atoms with Gasteiger partial charge in [-0.25, -0.2) is 0 Å². The fourth-order valence-electron chi connectivity index (χ4n) is 3.58. The maximum absolute atomic E-state index is 12.8. The van der Waals surface area contributed by atoms with Gasteiger partial charge in [0.15, 0.2) is 5.76 Å². The lowest BCUT2D eigenvalue weighted by Gasteiger charge is -2.03. The summed E-state index contributed by atoms with van der Waals surface area (Å²) in [7, 11) is 0. The topological polar surface area (TPSA) is 103 Å². The predicted octanol–water partition coefficient (Wildman–Crippen LogP) is 4.57. The Balaban J connectivity index is 1.69. The second-order valence-corrected chi connectivity index (χ2v) is 6.78. The number of benzene rings is 3. The molecule has 4 aromatic rings. The summed E-state index contributed by atoms with van der Waals surface area (Å²) in [6.07, 6.45) is 1.62. The third-order valence-electron chi connectivity index (χ3n) is 4.91. The van der Waals surface area contributed by atoms with Crippen LogP contribution < -0.4 is 4.74 Å². The summed E-state index contributed by atoms with van der Waals surface area (Å²) in [5, 5.41) is 30.2. The van der Waals surface area contributed by atoms with E-state index in [2.05, 4.69) is 4.98 Å². The Labute approximate surface area is 164 Å². The minimum atomic E-state index is -0.459. The number of para-hydroxylation sites is 1. The normalized spacial score (nSPS) is 14.3. The molecule has 0 aliphatic carbocycles. The lowest BCUT2D eigenvalue weighted by atomic mass is 10.0. The molecular formula is C23H15NO5. The number of rotatable bonds is 2. The van der Waals surface area contributed by atoms with Gasteiger partial charge in [-0.2, -0.15) is 0 Å². The number of aromatic nitrogens is 1. The quantitative estimate of drug-likeness (QED) is 0.379. The minimum absolute atomic E-state index is 0.0278. The monoisotopic (exact) mass is 385 g/mol. The average molecular weight is 385 g/mol. The van der Waals surface area contributed by atoms with Crippen LogP contribution in [0.4, 0.5) is 0 Å². The SMILES string of the molecule is O=C1C(=Cc2c(-c3ccc(O)cc3)[nH]c3ccccc23)Oc2cc(O)cc(O)c21. The molecule has 6 heteroatoms. The highest BCUT2D eigenvalue weighted by Gasteiger charge is 2.32. The molecule has 6 nitrogen and oxygen atoms in total. The maximum atomic E-state index is 12.8. The van der Waals surface area contributed by atoms with Gasteiger partial charge in [-0.1, -0.05) is 18.2 Å². The number of hydrogen-bond donors (Lipinski definition) is 4. The van der Waals surface area contributed by atoms with E-state index in [0.29, 0.717) is 0 Å². The molecular weight excluding hydrogens is 370 g/mol. The highest BCUT2D eigenvalue weighted by molar-refractivity contribution is 6.17. The lowest BCUT2D eigenvalue weighted by Crippen LogP contribution is -1.98. The zero-order valence-corrected chi connectivity index (χ0v) is 15.0. The molecule has 5 rings (SSSR count). The summed E-state index contributed by atoms with van der Waals surface area (Å²) in [4.78, 5) is 16.2. The first-order valence-electron chi connectivity index (χ1n) is 8.91. The number of H-pyrrole nitrogens is 1. The first-order chi connectivity index (χ1) is 14.0. The van der Waals surface area contributed by atoms with Gasteiger partial charge < -0.3 is 25.0 Å². The molecule has 0 saturated carbocycles. The largest absolute Gasteiger partial charge is 0.508 e. The summed E-state index contributed by atoms with van der Waals surface area (Å²) in [5.74, 6) is -0.655. The van der Waals surface area contributed by atoms with Crippen molar-refractivity contribution in [3.05, 3.63) is 77.5 Å². The number of aromatic hydroxyl groups is 3. The number of ether oxygens (including phenoxy) is 1. The molecule has 0 fully saturated rings. The number of hydrogen-bond acceptors (Lipinski definition) is 5. The molecule has 29 heavy (non-hydrogen) atoms. The van der Waals surface area contributed by atoms with Crippen molar-refractivity contribution in [2.75, 3.05) is 0 Å². The molecule has 2 heterocycles. The van der Waals surface area contributed by atoms with E-state index in [1.807, 2.05) is 24.3 Å². The van der Waals surface area contributed by atoms with Crippen LogP contribution >= 0.6 is 0 Å². The molecule has 0 radical (unpaired) electrons. The van der Waals surface area contributed by atoms with Gasteiger partial charge in [0.2, 0.25) is 5.78 Å². The van der Waals surface area contributed by atoms with Crippen molar-refractivity contribution < 1.29 is 24.9 Å². The van der Waals surface area contributed by atoms with Gasteiger partial charge in [0.25, 0.3) is 0 Å². The summed E-state index contributed by atoms with van der Waals surface area (Å²) in [6.45, 7) is 0. The molecule has 0 bridgehead atoms. The number of allylic oxidation sites excluding steroid dienone is 1. The Hall–Kier alpha value is -4.19. The van der Waals surface area contributed by atoms with Crippen LogP contribution in [0.25, 0.3) is 28.2 Å². The van der Waals surface area contributed by atoms with Crippen molar-refractivity contribution in [2.24, 2.45) is 0 Å². The molecule has 1 aliphatic heterocycles. The van der Waals surface area contributed by atoms with Gasteiger partial charge >= 0.3 is 0 Å². The molecule has 0 spiro atoms. The number of carbonyl (C=O) groups is 1. The molecule has 142 valence electrons. The smallest absolute Gasteiger partial charge is 0.235 e. The fourth-order valence-corrected chi connectivity index (χ4v) is 3.58. The fraction of sp³-hybridized carbons (Fsp3) is 0. The maximum Gasteiger partial charge on any atom is 0.235 e. The van der Waals surface area contributed by atoms with Crippen molar-refractivity contribution in [1.29, 1.82) is 0 Å². The predicted molar refractivity (Wildman–Crippen MR) is 108 cm³/mol. The number of carbonyl (C=O) groups excluding carboxylic acids is 1. The molecule has 0 unspecified atom stereocenters. The molecule has 4 N–H and O–H groups in total. The van der Waals surface area contributed by atoms with Crippen LogP contribution in [0, 0.1) is 0 Å². The number of nitrogens with one attached hydrogen (secondary N) is 1. The van der Waals surface area contributed by atoms with Crippen LogP contribution in [0.15, 0.2) is 66.4 Å². The molecule has 1 aliphatic rings. The van der Waals surface area contributed by atoms with E-state index in [9.17, 15) is 20.1 Å². The highest BCUT2D eigenvalue weighted by Crippen LogP contribution is 2.42. The Morgan fingerprint density at radius 2 is 1.66 bits per heavy atom. The second-order valence-electron chi connectivity index (χ2n) is 6.78. The molecule has 0 saturated heterocycles. The van der Waals surface area contributed by atoms with Crippen LogP contribution in [0.1, 0.15) is 15.9 Å². The molecule has 0 atom stereocenters. The first-order valence-corrected chi connectivity index (χ1v) is 8.91. The van der Waals surface area contributed by atoms with Crippen LogP contribution in [-0.4, -0.2) is 26.1 Å². The van der Waals surface area contributed by atoms with E-state index in [-0.39, 0.29) is 34.3 Å². The summed E-state index contributed by atoms with van der Waals surface area (Å²) < 4.78 is 5.65. The van der Waals surface area contributed by atoms with Crippen LogP contribution in [0.5, 0.6) is 23.0 Å². The third-order valence-corrected chi connectivity index (χ3v) is 4.91. The van der Waals surface area contributed by atoms with Crippen LogP contribution in [0.3, 0.4) is 0 Å². The van der Waals surface area contributed by atoms with E-state index < -0.39 is 5.78 Å². The van der Waals surface area contributed by atoms with E-state index in [4.69, 9.17) is 4.74 Å². The lowest BCUT2D eigenvalue weighted by molar-refractivity contribution is 0.101. The van der Waals surface area contributed by atoms with Crippen molar-refractivity contribution in [1.82, 2.24) is 4.98 Å². The second kappa shape index (κ2) is 6.17. The zero-order valence-electron chi connectivity index (χ0n) is 15.0. The molecule has 0 amide bonds. The third kappa shape index (κ3) is 2.70. The molecule has 3 aromatic carbocycles. The average Bonchev–Trinajstić information content (AvgIpc) is 3.21. The van der Waals surface area contributed by atoms with Gasteiger partial charge in [0, 0.05) is 28.6 Å². The van der Waals surface area contributed by atoms with Crippen molar-refractivity contribution in [3.8, 4) is 34.3 Å². The minimum Gasteiger partial charge on any atom is -0.508 e. The van der Waals surface area contributed by atoms with E-state index in [0.717, 1.165) is 33.8 Å². The first kappa shape index (κ1) is 16.9. The Morgan fingerprint density at radius 1 is 0.897 bits per heavy atom. The van der Waals surface area contributed by atoms with E-state index in [1.165, 1.54) is 6.07 Å². The van der Waals surface area contributed by atoms with Gasteiger partial charge in [-0.3, -0.25) is 4.79 Å². The van der Waals surface area contributed by atoms with Gasteiger partial charge in [-0.05, 0) is 42.0 Å². The van der Waals surface area contributed by atoms with Crippen LogP contribution in [0.2, 0.25) is 0 Å². The van der Waals surface area contributed by atoms with E-state index >= 15 is 0 Å². The number of fused-ring (bicyclic) bond motifs is 2. The Kier molecular flexibility index (Phi) is 3.61.